The molecule has 0 unspecified atom stereocenters. The van der Waals surface area contributed by atoms with E-state index in [0.29, 0.717) is 25.7 Å². The third-order valence-electron chi connectivity index (χ3n) is 6.91. The number of ether oxygens (including phenoxy) is 3. The van der Waals surface area contributed by atoms with Crippen molar-refractivity contribution < 1.29 is 28.6 Å². The Bertz CT molecular complexity index is 1520. The van der Waals surface area contributed by atoms with Gasteiger partial charge in [-0.25, -0.2) is 34.2 Å². The van der Waals surface area contributed by atoms with Crippen molar-refractivity contribution in [2.45, 2.75) is 117 Å². The molecule has 0 bridgehead atoms. The van der Waals surface area contributed by atoms with Crippen LogP contribution < -0.4 is 4.90 Å². The lowest BCUT2D eigenvalue weighted by Gasteiger charge is -2.39. The first-order valence-electron chi connectivity index (χ1n) is 14.9. The van der Waals surface area contributed by atoms with Crippen LogP contribution in [0, 0.1) is 0 Å². The number of anilines is 1. The zero-order valence-corrected chi connectivity index (χ0v) is 28.6. The molecule has 4 rings (SSSR count). The van der Waals surface area contributed by atoms with E-state index in [-0.39, 0.29) is 12.0 Å². The summed E-state index contributed by atoms with van der Waals surface area (Å²) in [5.41, 5.74) is -1.62. The van der Waals surface area contributed by atoms with Crippen LogP contribution in [0.3, 0.4) is 0 Å². The number of rotatable bonds is 3. The maximum atomic E-state index is 13.7. The standard InChI is InChI=1S/C33H43BrN4O6/c1-31(2,3)42-28(39)37(27-35-19-20-18-25(34)23-12-10-11-13-24(23)26(20)36-27)21-14-16-22(17-15-21)38(29(40)43-32(4,5)6)30(41)44-33(7,8)9/h10-13,18-19,21-22H,14-17H2,1-9H3. The van der Waals surface area contributed by atoms with Gasteiger partial charge in [-0.1, -0.05) is 40.2 Å². The van der Waals surface area contributed by atoms with Gasteiger partial charge < -0.3 is 14.2 Å². The summed E-state index contributed by atoms with van der Waals surface area (Å²) in [5, 5.41) is 2.76. The Labute approximate surface area is 267 Å². The molecule has 3 amide bonds. The van der Waals surface area contributed by atoms with Crippen molar-refractivity contribution in [3.8, 4) is 0 Å². The van der Waals surface area contributed by atoms with Gasteiger partial charge in [-0.3, -0.25) is 0 Å². The Morgan fingerprint density at radius 3 is 1.75 bits per heavy atom. The Morgan fingerprint density at radius 1 is 0.750 bits per heavy atom. The minimum Gasteiger partial charge on any atom is -0.443 e. The molecule has 11 heteroatoms. The van der Waals surface area contributed by atoms with Gasteiger partial charge in [0.15, 0.2) is 0 Å². The molecule has 1 heterocycles. The monoisotopic (exact) mass is 670 g/mol. The molecule has 10 nitrogen and oxygen atoms in total. The van der Waals surface area contributed by atoms with Crippen molar-refractivity contribution in [2.75, 3.05) is 4.90 Å². The number of hydrogen-bond donors (Lipinski definition) is 0. The van der Waals surface area contributed by atoms with Gasteiger partial charge in [0, 0.05) is 33.5 Å². The first-order chi connectivity index (χ1) is 20.3. The van der Waals surface area contributed by atoms with E-state index in [9.17, 15) is 14.4 Å². The molecular weight excluding hydrogens is 628 g/mol. The Kier molecular flexibility index (Phi) is 9.49. The van der Waals surface area contributed by atoms with Crippen molar-refractivity contribution in [2.24, 2.45) is 0 Å². The molecule has 0 aliphatic heterocycles. The zero-order valence-electron chi connectivity index (χ0n) is 27.1. The molecule has 0 spiro atoms. The van der Waals surface area contributed by atoms with Crippen LogP contribution >= 0.6 is 15.9 Å². The van der Waals surface area contributed by atoms with Gasteiger partial charge in [-0.15, -0.1) is 0 Å². The van der Waals surface area contributed by atoms with E-state index in [1.165, 1.54) is 4.90 Å². The van der Waals surface area contributed by atoms with Gasteiger partial charge in [0.25, 0.3) is 0 Å². The predicted molar refractivity (Wildman–Crippen MR) is 174 cm³/mol. The van der Waals surface area contributed by atoms with Gasteiger partial charge in [0.1, 0.15) is 16.8 Å². The quantitative estimate of drug-likeness (QED) is 0.201. The Morgan fingerprint density at radius 2 is 1.23 bits per heavy atom. The number of carbonyl (C=O) groups excluding carboxylic acids is 3. The largest absolute Gasteiger partial charge is 0.443 e. The number of fused-ring (bicyclic) bond motifs is 3. The molecule has 1 fully saturated rings. The average Bonchev–Trinajstić information content (AvgIpc) is 2.87. The van der Waals surface area contributed by atoms with E-state index in [1.54, 1.807) is 47.7 Å². The number of amides is 3. The van der Waals surface area contributed by atoms with Crippen molar-refractivity contribution in [1.82, 2.24) is 14.9 Å². The summed E-state index contributed by atoms with van der Waals surface area (Å²) in [6.07, 6.45) is 1.42. The number of carbonyl (C=O) groups is 3. The highest BCUT2D eigenvalue weighted by molar-refractivity contribution is 9.10. The van der Waals surface area contributed by atoms with Crippen LogP contribution in [0.2, 0.25) is 0 Å². The first-order valence-corrected chi connectivity index (χ1v) is 15.7. The summed E-state index contributed by atoms with van der Waals surface area (Å²) in [6, 6.07) is 9.06. The van der Waals surface area contributed by atoms with E-state index < -0.39 is 41.1 Å². The lowest BCUT2D eigenvalue weighted by molar-refractivity contribution is -0.0115. The van der Waals surface area contributed by atoms with Gasteiger partial charge in [0.2, 0.25) is 5.95 Å². The molecule has 1 aliphatic carbocycles. The van der Waals surface area contributed by atoms with Crippen LogP contribution in [0.5, 0.6) is 0 Å². The minimum atomic E-state index is -0.796. The van der Waals surface area contributed by atoms with Gasteiger partial charge in [-0.05, 0) is 99.4 Å². The second kappa shape index (κ2) is 12.5. The van der Waals surface area contributed by atoms with E-state index in [4.69, 9.17) is 19.2 Å². The molecule has 0 atom stereocenters. The second-order valence-corrected chi connectivity index (χ2v) is 15.0. The van der Waals surface area contributed by atoms with E-state index in [1.807, 2.05) is 51.1 Å². The summed E-state index contributed by atoms with van der Waals surface area (Å²) in [4.78, 5) is 52.3. The maximum Gasteiger partial charge on any atom is 0.420 e. The molecule has 3 aromatic rings. The summed E-state index contributed by atoms with van der Waals surface area (Å²) in [7, 11) is 0. The maximum absolute atomic E-state index is 13.7. The third kappa shape index (κ3) is 8.16. The summed E-state index contributed by atoms with van der Waals surface area (Å²) in [5.74, 6) is 0.235. The van der Waals surface area contributed by atoms with Crippen LogP contribution in [0.25, 0.3) is 21.7 Å². The molecule has 0 radical (unpaired) electrons. The highest BCUT2D eigenvalue weighted by Gasteiger charge is 2.41. The molecule has 2 aromatic carbocycles. The van der Waals surface area contributed by atoms with E-state index in [2.05, 4.69) is 20.9 Å². The smallest absolute Gasteiger partial charge is 0.420 e. The third-order valence-corrected chi connectivity index (χ3v) is 7.56. The number of hydrogen-bond acceptors (Lipinski definition) is 8. The number of aromatic nitrogens is 2. The summed E-state index contributed by atoms with van der Waals surface area (Å²) < 4.78 is 17.9. The highest BCUT2D eigenvalue weighted by atomic mass is 79.9. The van der Waals surface area contributed by atoms with Crippen LogP contribution in [0.15, 0.2) is 41.0 Å². The van der Waals surface area contributed by atoms with Crippen molar-refractivity contribution in [1.29, 1.82) is 0 Å². The average molecular weight is 672 g/mol. The second-order valence-electron chi connectivity index (χ2n) is 14.2. The molecule has 0 saturated heterocycles. The van der Waals surface area contributed by atoms with Gasteiger partial charge >= 0.3 is 18.3 Å². The van der Waals surface area contributed by atoms with Crippen LogP contribution in [-0.4, -0.2) is 62.0 Å². The van der Waals surface area contributed by atoms with Crippen LogP contribution in [-0.2, 0) is 14.2 Å². The minimum absolute atomic E-state index is 0.235. The fraction of sp³-hybridized carbons (Fsp3) is 0.545. The SMILES string of the molecule is CC(C)(C)OC(=O)N(C(=O)OC(C)(C)C)C1CCC(N(C(=O)OC(C)(C)C)c2ncc3cc(Br)c4ccccc4c3n2)CC1. The molecule has 1 aromatic heterocycles. The molecular formula is C33H43BrN4O6. The topological polar surface area (TPSA) is 111 Å². The van der Waals surface area contributed by atoms with Gasteiger partial charge in [-0.2, -0.15) is 0 Å². The Balaban J connectivity index is 1.67. The highest BCUT2D eigenvalue weighted by Crippen LogP contribution is 2.35. The lowest BCUT2D eigenvalue weighted by atomic mass is 9.89. The van der Waals surface area contributed by atoms with Crippen molar-refractivity contribution >= 4 is 61.8 Å². The molecule has 1 aliphatic rings. The molecule has 1 saturated carbocycles. The fourth-order valence-electron chi connectivity index (χ4n) is 5.21. The summed E-state index contributed by atoms with van der Waals surface area (Å²) in [6.45, 7) is 15.9. The van der Waals surface area contributed by atoms with E-state index >= 15 is 0 Å². The lowest BCUT2D eigenvalue weighted by Crippen LogP contribution is -2.52. The van der Waals surface area contributed by atoms with Crippen molar-refractivity contribution in [3.05, 3.63) is 41.0 Å². The molecule has 0 N–H and O–H groups in total. The molecule has 238 valence electrons. The summed E-state index contributed by atoms with van der Waals surface area (Å²) >= 11 is 3.64. The van der Waals surface area contributed by atoms with Crippen LogP contribution in [0.1, 0.15) is 88.0 Å². The number of halogens is 1. The molecule has 44 heavy (non-hydrogen) atoms. The van der Waals surface area contributed by atoms with Crippen LogP contribution in [0.4, 0.5) is 20.3 Å². The van der Waals surface area contributed by atoms with Gasteiger partial charge in [0.05, 0.1) is 5.52 Å². The predicted octanol–water partition coefficient (Wildman–Crippen LogP) is 8.77. The Hall–Kier alpha value is -3.47. The number of benzene rings is 2. The zero-order chi connectivity index (χ0) is 32.6. The fourth-order valence-corrected chi connectivity index (χ4v) is 5.80. The van der Waals surface area contributed by atoms with E-state index in [0.717, 1.165) is 31.0 Å². The number of imide groups is 1. The van der Waals surface area contributed by atoms with Crippen molar-refractivity contribution in [3.63, 3.8) is 0 Å². The number of nitrogens with zero attached hydrogens (tertiary/aromatic N) is 4. The first kappa shape index (κ1) is 33.4. The normalized spacial score (nSPS) is 17.7.